The van der Waals surface area contributed by atoms with Crippen LogP contribution in [-0.4, -0.2) is 50.3 Å². The first-order valence-corrected chi connectivity index (χ1v) is 20.4. The van der Waals surface area contributed by atoms with Crippen molar-refractivity contribution in [3.8, 4) is 11.5 Å². The van der Waals surface area contributed by atoms with Gasteiger partial charge in [0.2, 0.25) is 0 Å². The van der Waals surface area contributed by atoms with Crippen LogP contribution in [-0.2, 0) is 28.6 Å². The highest BCUT2D eigenvalue weighted by Crippen LogP contribution is 2.38. The molecule has 1 fully saturated rings. The average molecular weight is 751 g/mol. The molecular weight excluding hydrogens is 684 g/mol. The Labute approximate surface area is 324 Å². The van der Waals surface area contributed by atoms with E-state index in [0.29, 0.717) is 81.1 Å². The zero-order chi connectivity index (χ0) is 39.4. The second-order valence-electron chi connectivity index (χ2n) is 14.1. The lowest BCUT2D eigenvalue weighted by molar-refractivity contribution is -0.144. The molecule has 0 unspecified atom stereocenters. The molecule has 0 amide bonds. The molecule has 9 nitrogen and oxygen atoms in total. The lowest BCUT2D eigenvalue weighted by Crippen LogP contribution is -2.13. The van der Waals surface area contributed by atoms with E-state index in [9.17, 15) is 19.2 Å². The summed E-state index contributed by atoms with van der Waals surface area (Å²) in [6.07, 6.45) is 16.8. The topological polar surface area (TPSA) is 114 Å². The van der Waals surface area contributed by atoms with E-state index in [2.05, 4.69) is 32.6 Å². The maximum absolute atomic E-state index is 12.5. The van der Waals surface area contributed by atoms with E-state index in [1.807, 2.05) is 24.3 Å². The summed E-state index contributed by atoms with van der Waals surface area (Å²) in [7, 11) is 0. The monoisotopic (exact) mass is 750 g/mol. The average Bonchev–Trinajstić information content (AvgIpc) is 3.17. The van der Waals surface area contributed by atoms with Crippen molar-refractivity contribution in [2.45, 2.75) is 143 Å². The molecule has 0 N–H and O–H groups in total. The number of carbonyl (C=O) groups excluding carboxylic acids is 4. The van der Waals surface area contributed by atoms with Gasteiger partial charge in [0.1, 0.15) is 11.5 Å². The quantitative estimate of drug-likeness (QED) is 0.0340. The fourth-order valence-corrected chi connectivity index (χ4v) is 6.27. The molecule has 0 aromatic heterocycles. The third-order valence-corrected chi connectivity index (χ3v) is 9.41. The summed E-state index contributed by atoms with van der Waals surface area (Å²) in [6, 6.07) is 15.3. The standard InChI is InChI=1S/C28H38O3.C17H28O6/c1-3-5-6-7-21-30-26-17-15-25(16-18-26)28(29)31-27-19-13-24(14-20-27)23-11-9-22(8-4-2)10-12-23;1-4-21-15(18)11-7-9-12-22-16(19)10-6-5-8-13-23-17(20)14(2)3/h13-20,22-23H,3-12,21H2,1-2H3;2,4-13H2,1,3H3. The molecule has 1 saturated carbocycles. The van der Waals surface area contributed by atoms with E-state index in [1.54, 1.807) is 26.0 Å². The molecule has 1 aliphatic rings. The maximum Gasteiger partial charge on any atom is 0.343 e. The van der Waals surface area contributed by atoms with Crippen molar-refractivity contribution in [2.75, 3.05) is 26.4 Å². The minimum Gasteiger partial charge on any atom is -0.494 e. The van der Waals surface area contributed by atoms with Crippen molar-refractivity contribution in [2.24, 2.45) is 5.92 Å². The summed E-state index contributed by atoms with van der Waals surface area (Å²) in [6.45, 7) is 13.1. The summed E-state index contributed by atoms with van der Waals surface area (Å²) >= 11 is 0. The SMILES string of the molecule is C=C(C)C(=O)OCCCCCC(=O)OCCCCC(=O)OCC.CCCCCCOc1ccc(C(=O)Oc2ccc(C3CCC(CCC)CC3)cc2)cc1. The number of hydrogen-bond acceptors (Lipinski definition) is 9. The molecular formula is C45H66O9. The maximum atomic E-state index is 12.5. The van der Waals surface area contributed by atoms with Crippen molar-refractivity contribution in [3.63, 3.8) is 0 Å². The third-order valence-electron chi connectivity index (χ3n) is 9.41. The van der Waals surface area contributed by atoms with Crippen molar-refractivity contribution >= 4 is 23.9 Å². The van der Waals surface area contributed by atoms with Crippen LogP contribution in [0.1, 0.15) is 159 Å². The fourth-order valence-electron chi connectivity index (χ4n) is 6.27. The second kappa shape index (κ2) is 28.3. The molecule has 0 saturated heterocycles. The van der Waals surface area contributed by atoms with Crippen molar-refractivity contribution < 1.29 is 42.9 Å². The Hall–Kier alpha value is -4.14. The highest BCUT2D eigenvalue weighted by molar-refractivity contribution is 5.91. The first-order valence-electron chi connectivity index (χ1n) is 20.4. The van der Waals surface area contributed by atoms with Crippen LogP contribution in [0.4, 0.5) is 0 Å². The molecule has 0 bridgehead atoms. The molecule has 54 heavy (non-hydrogen) atoms. The van der Waals surface area contributed by atoms with Gasteiger partial charge < -0.3 is 23.7 Å². The number of carbonyl (C=O) groups is 4. The summed E-state index contributed by atoms with van der Waals surface area (Å²) < 4.78 is 26.1. The van der Waals surface area contributed by atoms with Crippen LogP contribution in [0.25, 0.3) is 0 Å². The molecule has 9 heteroatoms. The minimum absolute atomic E-state index is 0.217. The van der Waals surface area contributed by atoms with Crippen LogP contribution in [0.2, 0.25) is 0 Å². The molecule has 300 valence electrons. The van der Waals surface area contributed by atoms with E-state index < -0.39 is 0 Å². The van der Waals surface area contributed by atoms with E-state index in [1.165, 1.54) is 63.4 Å². The molecule has 0 radical (unpaired) electrons. The second-order valence-corrected chi connectivity index (χ2v) is 14.1. The van der Waals surface area contributed by atoms with Gasteiger partial charge >= 0.3 is 23.9 Å². The van der Waals surface area contributed by atoms with Gasteiger partial charge in [-0.15, -0.1) is 0 Å². The van der Waals surface area contributed by atoms with Crippen LogP contribution in [0.3, 0.4) is 0 Å². The summed E-state index contributed by atoms with van der Waals surface area (Å²) in [4.78, 5) is 46.1. The lowest BCUT2D eigenvalue weighted by Gasteiger charge is -2.28. The lowest BCUT2D eigenvalue weighted by atomic mass is 9.77. The summed E-state index contributed by atoms with van der Waals surface area (Å²) in [5.41, 5.74) is 2.29. The van der Waals surface area contributed by atoms with Gasteiger partial charge in [-0.25, -0.2) is 9.59 Å². The number of rotatable bonds is 24. The van der Waals surface area contributed by atoms with Crippen molar-refractivity contribution in [1.29, 1.82) is 0 Å². The first kappa shape index (κ1) is 46.0. The fraction of sp³-hybridized carbons (Fsp3) is 0.600. The molecule has 3 rings (SSSR count). The van der Waals surface area contributed by atoms with Crippen molar-refractivity contribution in [3.05, 3.63) is 71.8 Å². The van der Waals surface area contributed by atoms with E-state index in [0.717, 1.165) is 31.1 Å². The van der Waals surface area contributed by atoms with Crippen molar-refractivity contribution in [1.82, 2.24) is 0 Å². The van der Waals surface area contributed by atoms with Gasteiger partial charge in [-0.05, 0) is 132 Å². The molecule has 0 spiro atoms. The van der Waals surface area contributed by atoms with E-state index in [-0.39, 0.29) is 23.9 Å². The molecule has 0 heterocycles. The van der Waals surface area contributed by atoms with E-state index in [4.69, 9.17) is 23.7 Å². The Morgan fingerprint density at radius 2 is 1.20 bits per heavy atom. The predicted octanol–water partition coefficient (Wildman–Crippen LogP) is 10.9. The zero-order valence-electron chi connectivity index (χ0n) is 33.5. The number of unbranched alkanes of at least 4 members (excludes halogenated alkanes) is 6. The van der Waals surface area contributed by atoms with Crippen LogP contribution in [0, 0.1) is 5.92 Å². The molecule has 1 aliphatic carbocycles. The van der Waals surface area contributed by atoms with Gasteiger partial charge in [0.15, 0.2) is 0 Å². The van der Waals surface area contributed by atoms with Crippen LogP contribution in [0.5, 0.6) is 11.5 Å². The Balaban J connectivity index is 0.000000393. The molecule has 2 aromatic rings. The molecule has 2 aromatic carbocycles. The van der Waals surface area contributed by atoms with Gasteiger partial charge in [0, 0.05) is 18.4 Å². The Bertz CT molecular complexity index is 1360. The van der Waals surface area contributed by atoms with Gasteiger partial charge in [0.25, 0.3) is 0 Å². The summed E-state index contributed by atoms with van der Waals surface area (Å²) in [5.74, 6) is 1.79. The predicted molar refractivity (Wildman–Crippen MR) is 213 cm³/mol. The number of hydrogen-bond donors (Lipinski definition) is 0. The minimum atomic E-state index is -0.382. The zero-order valence-corrected chi connectivity index (χ0v) is 33.5. The Morgan fingerprint density at radius 3 is 1.83 bits per heavy atom. The van der Waals surface area contributed by atoms with Gasteiger partial charge in [-0.2, -0.15) is 0 Å². The van der Waals surface area contributed by atoms with Crippen LogP contribution < -0.4 is 9.47 Å². The van der Waals surface area contributed by atoms with Gasteiger partial charge in [0.05, 0.1) is 32.0 Å². The molecule has 0 atom stereocenters. The van der Waals surface area contributed by atoms with E-state index >= 15 is 0 Å². The number of benzene rings is 2. The highest BCUT2D eigenvalue weighted by Gasteiger charge is 2.22. The molecule has 0 aliphatic heterocycles. The summed E-state index contributed by atoms with van der Waals surface area (Å²) in [5, 5.41) is 0. The Kier molecular flexibility index (Phi) is 24.1. The largest absolute Gasteiger partial charge is 0.494 e. The number of ether oxygens (including phenoxy) is 5. The Morgan fingerprint density at radius 1 is 0.630 bits per heavy atom. The van der Waals surface area contributed by atoms with Crippen LogP contribution in [0.15, 0.2) is 60.7 Å². The highest BCUT2D eigenvalue weighted by atomic mass is 16.5. The third kappa shape index (κ3) is 20.4. The smallest absolute Gasteiger partial charge is 0.343 e. The first-order chi connectivity index (χ1) is 26.2. The van der Waals surface area contributed by atoms with Gasteiger partial charge in [-0.3, -0.25) is 9.59 Å². The van der Waals surface area contributed by atoms with Gasteiger partial charge in [-0.1, -0.05) is 64.7 Å². The number of esters is 4. The van der Waals surface area contributed by atoms with Crippen LogP contribution >= 0.6 is 0 Å². The normalized spacial score (nSPS) is 14.9.